The standard InChI is InChI=1S/C14H22N2O/c15-8-6-14(13-4-2-1-3-5-13)16-9-7-12(10-16)11-17/h1-5,12,14,17H,6-11,15H2. The molecule has 0 spiro atoms. The van der Waals surface area contributed by atoms with E-state index >= 15 is 0 Å². The smallest absolute Gasteiger partial charge is 0.0471 e. The summed E-state index contributed by atoms with van der Waals surface area (Å²) >= 11 is 0. The summed E-state index contributed by atoms with van der Waals surface area (Å²) in [6, 6.07) is 11.0. The summed E-state index contributed by atoms with van der Waals surface area (Å²) in [6.45, 7) is 3.08. The van der Waals surface area contributed by atoms with Gasteiger partial charge in [0.1, 0.15) is 0 Å². The molecule has 3 heteroatoms. The van der Waals surface area contributed by atoms with Crippen molar-refractivity contribution < 1.29 is 5.11 Å². The number of aliphatic hydroxyl groups excluding tert-OH is 1. The third kappa shape index (κ3) is 3.06. The van der Waals surface area contributed by atoms with Crippen LogP contribution in [0.15, 0.2) is 30.3 Å². The van der Waals surface area contributed by atoms with Crippen molar-refractivity contribution in [1.82, 2.24) is 4.90 Å². The van der Waals surface area contributed by atoms with E-state index in [0.29, 0.717) is 25.1 Å². The molecule has 0 aromatic heterocycles. The van der Waals surface area contributed by atoms with E-state index in [1.807, 2.05) is 6.07 Å². The van der Waals surface area contributed by atoms with Gasteiger partial charge in [-0.25, -0.2) is 0 Å². The Labute approximate surface area is 103 Å². The molecule has 0 saturated carbocycles. The molecule has 3 nitrogen and oxygen atoms in total. The van der Waals surface area contributed by atoms with Gasteiger partial charge in [0.15, 0.2) is 0 Å². The van der Waals surface area contributed by atoms with Crippen LogP contribution in [0.5, 0.6) is 0 Å². The van der Waals surface area contributed by atoms with Crippen LogP contribution in [-0.4, -0.2) is 36.2 Å². The first-order valence-corrected chi connectivity index (χ1v) is 6.45. The van der Waals surface area contributed by atoms with Crippen molar-refractivity contribution in [3.05, 3.63) is 35.9 Å². The molecule has 2 unspecified atom stereocenters. The monoisotopic (exact) mass is 234 g/mol. The van der Waals surface area contributed by atoms with Crippen LogP contribution in [0.3, 0.4) is 0 Å². The summed E-state index contributed by atoms with van der Waals surface area (Å²) in [5.41, 5.74) is 7.07. The number of rotatable bonds is 5. The Morgan fingerprint density at radius 2 is 2.12 bits per heavy atom. The third-order valence-electron chi connectivity index (χ3n) is 3.64. The maximum Gasteiger partial charge on any atom is 0.0471 e. The molecule has 1 aliphatic rings. The van der Waals surface area contributed by atoms with Gasteiger partial charge in [0.25, 0.3) is 0 Å². The number of hydrogen-bond acceptors (Lipinski definition) is 3. The first kappa shape index (κ1) is 12.6. The molecule has 3 N–H and O–H groups in total. The van der Waals surface area contributed by atoms with Gasteiger partial charge in [0.2, 0.25) is 0 Å². The molecule has 0 radical (unpaired) electrons. The van der Waals surface area contributed by atoms with Crippen LogP contribution in [0.4, 0.5) is 0 Å². The number of likely N-dealkylation sites (tertiary alicyclic amines) is 1. The van der Waals surface area contributed by atoms with Crippen LogP contribution < -0.4 is 5.73 Å². The zero-order valence-electron chi connectivity index (χ0n) is 10.3. The Bertz CT molecular complexity index is 328. The molecule has 1 aromatic carbocycles. The van der Waals surface area contributed by atoms with Crippen LogP contribution in [0.1, 0.15) is 24.4 Å². The molecule has 2 atom stereocenters. The Kier molecular flexibility index (Phi) is 4.54. The highest BCUT2D eigenvalue weighted by Gasteiger charge is 2.28. The van der Waals surface area contributed by atoms with Crippen LogP contribution in [0.2, 0.25) is 0 Å². The van der Waals surface area contributed by atoms with Crippen LogP contribution in [0.25, 0.3) is 0 Å². The third-order valence-corrected chi connectivity index (χ3v) is 3.64. The minimum atomic E-state index is 0.306. The molecule has 0 bridgehead atoms. The second-order valence-corrected chi connectivity index (χ2v) is 4.84. The van der Waals surface area contributed by atoms with Crippen molar-refractivity contribution in [3.63, 3.8) is 0 Å². The molecular weight excluding hydrogens is 212 g/mol. The zero-order valence-corrected chi connectivity index (χ0v) is 10.3. The molecule has 0 aliphatic carbocycles. The first-order chi connectivity index (χ1) is 8.35. The average Bonchev–Trinajstić information content (AvgIpc) is 2.85. The number of nitrogens with two attached hydrogens (primary N) is 1. The van der Waals surface area contributed by atoms with Crippen molar-refractivity contribution in [3.8, 4) is 0 Å². The van der Waals surface area contributed by atoms with Gasteiger partial charge in [0.05, 0.1) is 0 Å². The van der Waals surface area contributed by atoms with Crippen molar-refractivity contribution in [2.45, 2.75) is 18.9 Å². The summed E-state index contributed by atoms with van der Waals surface area (Å²) in [5.74, 6) is 0.444. The SMILES string of the molecule is NCCC(c1ccccc1)N1CCC(CO)C1. The molecule has 0 amide bonds. The summed E-state index contributed by atoms with van der Waals surface area (Å²) in [6.07, 6.45) is 2.09. The van der Waals surface area contributed by atoms with Crippen LogP contribution >= 0.6 is 0 Å². The Hall–Kier alpha value is -0.900. The van der Waals surface area contributed by atoms with Crippen molar-refractivity contribution in [1.29, 1.82) is 0 Å². The zero-order chi connectivity index (χ0) is 12.1. The normalized spacial score (nSPS) is 22.8. The quantitative estimate of drug-likeness (QED) is 0.809. The van der Waals surface area contributed by atoms with E-state index in [1.165, 1.54) is 5.56 Å². The maximum atomic E-state index is 9.21. The fraction of sp³-hybridized carbons (Fsp3) is 0.571. The lowest BCUT2D eigenvalue weighted by Gasteiger charge is -2.28. The van der Waals surface area contributed by atoms with Crippen molar-refractivity contribution in [2.24, 2.45) is 11.7 Å². The van der Waals surface area contributed by atoms with Gasteiger partial charge in [-0.1, -0.05) is 30.3 Å². The molecule has 1 aliphatic heterocycles. The van der Waals surface area contributed by atoms with Gasteiger partial charge in [-0.05, 0) is 37.4 Å². The topological polar surface area (TPSA) is 49.5 Å². The van der Waals surface area contributed by atoms with Gasteiger partial charge in [-0.15, -0.1) is 0 Å². The van der Waals surface area contributed by atoms with Gasteiger partial charge in [-0.3, -0.25) is 4.90 Å². The van der Waals surface area contributed by atoms with Crippen molar-refractivity contribution >= 4 is 0 Å². The average molecular weight is 234 g/mol. The highest BCUT2D eigenvalue weighted by Crippen LogP contribution is 2.29. The van der Waals surface area contributed by atoms with E-state index in [1.54, 1.807) is 0 Å². The van der Waals surface area contributed by atoms with Crippen LogP contribution in [-0.2, 0) is 0 Å². The second kappa shape index (κ2) is 6.15. The lowest BCUT2D eigenvalue weighted by atomic mass is 10.0. The summed E-state index contributed by atoms with van der Waals surface area (Å²) in [7, 11) is 0. The van der Waals surface area contributed by atoms with E-state index in [2.05, 4.69) is 29.2 Å². The van der Waals surface area contributed by atoms with E-state index in [0.717, 1.165) is 25.9 Å². The van der Waals surface area contributed by atoms with E-state index in [4.69, 9.17) is 5.73 Å². The predicted molar refractivity (Wildman–Crippen MR) is 69.6 cm³/mol. The highest BCUT2D eigenvalue weighted by atomic mass is 16.3. The lowest BCUT2D eigenvalue weighted by molar-refractivity contribution is 0.194. The number of nitrogens with zero attached hydrogens (tertiary/aromatic N) is 1. The minimum Gasteiger partial charge on any atom is -0.396 e. The summed E-state index contributed by atoms with van der Waals surface area (Å²) < 4.78 is 0. The number of aliphatic hydroxyl groups is 1. The highest BCUT2D eigenvalue weighted by molar-refractivity contribution is 5.19. The van der Waals surface area contributed by atoms with Gasteiger partial charge in [-0.2, -0.15) is 0 Å². The molecule has 1 fully saturated rings. The summed E-state index contributed by atoms with van der Waals surface area (Å²) in [4.78, 5) is 2.46. The number of hydrogen-bond donors (Lipinski definition) is 2. The first-order valence-electron chi connectivity index (χ1n) is 6.45. The van der Waals surface area contributed by atoms with Crippen LogP contribution in [0, 0.1) is 5.92 Å². The molecule has 17 heavy (non-hydrogen) atoms. The molecule has 94 valence electrons. The Balaban J connectivity index is 2.08. The maximum absolute atomic E-state index is 9.21. The fourth-order valence-electron chi connectivity index (χ4n) is 2.69. The molecule has 1 aromatic rings. The predicted octanol–water partition coefficient (Wildman–Crippen LogP) is 1.39. The van der Waals surface area contributed by atoms with E-state index < -0.39 is 0 Å². The van der Waals surface area contributed by atoms with E-state index in [9.17, 15) is 5.11 Å². The lowest BCUT2D eigenvalue weighted by Crippen LogP contribution is -2.28. The molecular formula is C14H22N2O. The van der Waals surface area contributed by atoms with Crippen molar-refractivity contribution in [2.75, 3.05) is 26.2 Å². The fourth-order valence-corrected chi connectivity index (χ4v) is 2.69. The Morgan fingerprint density at radius 1 is 1.35 bits per heavy atom. The largest absolute Gasteiger partial charge is 0.396 e. The van der Waals surface area contributed by atoms with Gasteiger partial charge < -0.3 is 10.8 Å². The number of benzene rings is 1. The molecule has 1 heterocycles. The van der Waals surface area contributed by atoms with Gasteiger partial charge in [0, 0.05) is 19.2 Å². The van der Waals surface area contributed by atoms with Gasteiger partial charge >= 0.3 is 0 Å². The molecule has 2 rings (SSSR count). The Morgan fingerprint density at radius 3 is 2.71 bits per heavy atom. The van der Waals surface area contributed by atoms with E-state index in [-0.39, 0.29) is 0 Å². The second-order valence-electron chi connectivity index (χ2n) is 4.84. The minimum absolute atomic E-state index is 0.306. The summed E-state index contributed by atoms with van der Waals surface area (Å²) in [5, 5.41) is 9.21. The molecule has 1 saturated heterocycles.